The van der Waals surface area contributed by atoms with Crippen molar-refractivity contribution in [2.45, 2.75) is 0 Å². The highest BCUT2D eigenvalue weighted by Crippen LogP contribution is 2.36. The summed E-state index contributed by atoms with van der Waals surface area (Å²) in [6, 6.07) is 8.41. The number of anilines is 2. The lowest BCUT2D eigenvalue weighted by atomic mass is 10.1. The van der Waals surface area contributed by atoms with E-state index in [0.29, 0.717) is 26.4 Å². The maximum absolute atomic E-state index is 12.2. The zero-order valence-corrected chi connectivity index (χ0v) is 14.6. The van der Waals surface area contributed by atoms with Crippen LogP contribution in [0.4, 0.5) is 11.4 Å². The van der Waals surface area contributed by atoms with Gasteiger partial charge in [0.05, 0.1) is 21.3 Å². The van der Waals surface area contributed by atoms with Crippen LogP contribution >= 0.6 is 55.1 Å². The Balaban J connectivity index is 2.33. The molecule has 0 bridgehead atoms. The molecule has 20 heavy (non-hydrogen) atoms. The first kappa shape index (κ1) is 15.6. The molecule has 2 aromatic rings. The second kappa shape index (κ2) is 6.35. The molecule has 2 rings (SSSR count). The summed E-state index contributed by atoms with van der Waals surface area (Å²) < 4.78 is 1.42. The summed E-state index contributed by atoms with van der Waals surface area (Å²) in [5.41, 5.74) is 6.94. The van der Waals surface area contributed by atoms with Crippen molar-refractivity contribution in [2.24, 2.45) is 0 Å². The van der Waals surface area contributed by atoms with Crippen LogP contribution in [0.15, 0.2) is 39.3 Å². The molecule has 3 nitrogen and oxygen atoms in total. The SMILES string of the molecule is Nc1ccc(Br)cc1C(=O)Nc1ccc(Br)c(Cl)c1Cl. The standard InChI is InChI=1S/C13H8Br2Cl2N2O/c14-6-1-3-9(18)7(5-6)13(20)19-10-4-2-8(15)11(16)12(10)17/h1-5H,18H2,(H,19,20). The Hall–Kier alpha value is -0.750. The molecule has 7 heteroatoms. The highest BCUT2D eigenvalue weighted by Gasteiger charge is 2.14. The molecule has 0 aliphatic rings. The fourth-order valence-electron chi connectivity index (χ4n) is 1.54. The number of nitrogens with two attached hydrogens (primary N) is 1. The van der Waals surface area contributed by atoms with Crippen molar-refractivity contribution in [3.05, 3.63) is 54.9 Å². The molecule has 0 aliphatic heterocycles. The summed E-state index contributed by atoms with van der Waals surface area (Å²) in [4.78, 5) is 12.2. The predicted molar refractivity (Wildman–Crippen MR) is 90.7 cm³/mol. The monoisotopic (exact) mass is 436 g/mol. The lowest BCUT2D eigenvalue weighted by Crippen LogP contribution is -2.14. The van der Waals surface area contributed by atoms with Gasteiger partial charge in [-0.25, -0.2) is 0 Å². The molecule has 0 fully saturated rings. The van der Waals surface area contributed by atoms with E-state index in [2.05, 4.69) is 37.2 Å². The number of hydrogen-bond donors (Lipinski definition) is 2. The third kappa shape index (κ3) is 3.28. The number of carbonyl (C=O) groups is 1. The van der Waals surface area contributed by atoms with E-state index in [1.54, 1.807) is 30.3 Å². The number of hydrogen-bond acceptors (Lipinski definition) is 2. The van der Waals surface area contributed by atoms with Gasteiger partial charge in [0.2, 0.25) is 0 Å². The third-order valence-corrected chi connectivity index (χ3v) is 4.81. The average Bonchev–Trinajstić information content (AvgIpc) is 2.42. The number of amides is 1. The lowest BCUT2D eigenvalue weighted by molar-refractivity contribution is 0.102. The number of nitrogen functional groups attached to an aromatic ring is 1. The lowest BCUT2D eigenvalue weighted by Gasteiger charge is -2.11. The summed E-state index contributed by atoms with van der Waals surface area (Å²) in [6.45, 7) is 0. The first-order valence-corrected chi connectivity index (χ1v) is 7.74. The molecule has 0 spiro atoms. The summed E-state index contributed by atoms with van der Waals surface area (Å²) in [6.07, 6.45) is 0. The zero-order valence-electron chi connectivity index (χ0n) is 9.88. The summed E-state index contributed by atoms with van der Waals surface area (Å²) in [5.74, 6) is -0.357. The molecule has 0 saturated carbocycles. The first-order chi connectivity index (χ1) is 9.40. The Labute approximate surface area is 142 Å². The summed E-state index contributed by atoms with van der Waals surface area (Å²) >= 11 is 18.6. The van der Waals surface area contributed by atoms with Crippen LogP contribution in [0.5, 0.6) is 0 Å². The maximum Gasteiger partial charge on any atom is 0.257 e. The molecular weight excluding hydrogens is 431 g/mol. The molecule has 3 N–H and O–H groups in total. The second-order valence-electron chi connectivity index (χ2n) is 3.91. The molecule has 2 aromatic carbocycles. The smallest absolute Gasteiger partial charge is 0.257 e. The van der Waals surface area contributed by atoms with Crippen molar-refractivity contribution in [3.63, 3.8) is 0 Å². The fourth-order valence-corrected chi connectivity index (χ4v) is 2.72. The second-order valence-corrected chi connectivity index (χ2v) is 6.43. The Bertz CT molecular complexity index is 692. The van der Waals surface area contributed by atoms with E-state index in [1.807, 2.05) is 0 Å². The van der Waals surface area contributed by atoms with Gasteiger partial charge >= 0.3 is 0 Å². The highest BCUT2D eigenvalue weighted by atomic mass is 79.9. The molecule has 0 aromatic heterocycles. The molecule has 0 unspecified atom stereocenters. The highest BCUT2D eigenvalue weighted by molar-refractivity contribution is 9.10. The minimum atomic E-state index is -0.357. The van der Waals surface area contributed by atoms with Crippen LogP contribution in [0, 0.1) is 0 Å². The van der Waals surface area contributed by atoms with E-state index in [0.717, 1.165) is 4.47 Å². The van der Waals surface area contributed by atoms with E-state index in [9.17, 15) is 4.79 Å². The van der Waals surface area contributed by atoms with Gasteiger partial charge in [0, 0.05) is 14.6 Å². The van der Waals surface area contributed by atoms with Crippen LogP contribution in [0.25, 0.3) is 0 Å². The van der Waals surface area contributed by atoms with Gasteiger partial charge in [-0.15, -0.1) is 0 Å². The normalized spacial score (nSPS) is 10.4. The van der Waals surface area contributed by atoms with Gasteiger partial charge in [0.1, 0.15) is 0 Å². The first-order valence-electron chi connectivity index (χ1n) is 5.40. The van der Waals surface area contributed by atoms with E-state index in [4.69, 9.17) is 28.9 Å². The predicted octanol–water partition coefficient (Wildman–Crippen LogP) is 5.35. The Morgan fingerprint density at radius 3 is 2.50 bits per heavy atom. The van der Waals surface area contributed by atoms with E-state index in [-0.39, 0.29) is 10.9 Å². The molecule has 0 aliphatic carbocycles. The Morgan fingerprint density at radius 1 is 1.10 bits per heavy atom. The van der Waals surface area contributed by atoms with Crippen molar-refractivity contribution < 1.29 is 4.79 Å². The largest absolute Gasteiger partial charge is 0.398 e. The van der Waals surface area contributed by atoms with Crippen LogP contribution < -0.4 is 11.1 Å². The van der Waals surface area contributed by atoms with Crippen molar-refractivity contribution in [2.75, 3.05) is 11.1 Å². The molecular formula is C13H8Br2Cl2N2O. The molecule has 1 amide bonds. The zero-order chi connectivity index (χ0) is 14.9. The molecule has 0 heterocycles. The summed E-state index contributed by atoms with van der Waals surface area (Å²) in [5, 5.41) is 3.29. The molecule has 0 saturated heterocycles. The molecule has 104 valence electrons. The quantitative estimate of drug-likeness (QED) is 0.490. The maximum atomic E-state index is 12.2. The van der Waals surface area contributed by atoms with Crippen molar-refractivity contribution in [1.82, 2.24) is 0 Å². The van der Waals surface area contributed by atoms with Crippen LogP contribution in [0.2, 0.25) is 10.0 Å². The number of benzene rings is 2. The Kier molecular flexibility index (Phi) is 4.96. The van der Waals surface area contributed by atoms with Crippen LogP contribution in [0.3, 0.4) is 0 Å². The Morgan fingerprint density at radius 2 is 1.80 bits per heavy atom. The van der Waals surface area contributed by atoms with Crippen molar-refractivity contribution in [1.29, 1.82) is 0 Å². The van der Waals surface area contributed by atoms with Gasteiger partial charge in [0.25, 0.3) is 5.91 Å². The van der Waals surface area contributed by atoms with Crippen molar-refractivity contribution >= 4 is 72.3 Å². The number of halogens is 4. The van der Waals surface area contributed by atoms with E-state index < -0.39 is 0 Å². The molecule has 0 radical (unpaired) electrons. The number of nitrogens with one attached hydrogen (secondary N) is 1. The van der Waals surface area contributed by atoms with E-state index >= 15 is 0 Å². The minimum absolute atomic E-state index is 0.267. The van der Waals surface area contributed by atoms with Gasteiger partial charge in [-0.3, -0.25) is 4.79 Å². The fraction of sp³-hybridized carbons (Fsp3) is 0. The van der Waals surface area contributed by atoms with Crippen molar-refractivity contribution in [3.8, 4) is 0 Å². The van der Waals surface area contributed by atoms with E-state index in [1.165, 1.54) is 0 Å². The van der Waals surface area contributed by atoms with Gasteiger partial charge in [0.15, 0.2) is 0 Å². The van der Waals surface area contributed by atoms with Gasteiger partial charge in [-0.05, 0) is 46.3 Å². The van der Waals surface area contributed by atoms with Crippen LogP contribution in [0.1, 0.15) is 10.4 Å². The third-order valence-electron chi connectivity index (χ3n) is 2.54. The summed E-state index contributed by atoms with van der Waals surface area (Å²) in [7, 11) is 0. The van der Waals surface area contributed by atoms with Gasteiger partial charge in [-0.1, -0.05) is 39.1 Å². The van der Waals surface area contributed by atoms with Crippen LogP contribution in [-0.4, -0.2) is 5.91 Å². The average molecular weight is 439 g/mol. The minimum Gasteiger partial charge on any atom is -0.398 e. The van der Waals surface area contributed by atoms with Crippen LogP contribution in [-0.2, 0) is 0 Å². The van der Waals surface area contributed by atoms with Gasteiger partial charge < -0.3 is 11.1 Å². The topological polar surface area (TPSA) is 55.1 Å². The number of carbonyl (C=O) groups excluding carboxylic acids is 1. The van der Waals surface area contributed by atoms with Gasteiger partial charge in [-0.2, -0.15) is 0 Å². The molecule has 0 atom stereocenters. The number of rotatable bonds is 2.